The predicted octanol–water partition coefficient (Wildman–Crippen LogP) is 3.36. The highest BCUT2D eigenvalue weighted by Crippen LogP contribution is 2.16. The number of carbonyl (C=O) groups excluding carboxylic acids is 4. The number of rotatable bonds is 11. The van der Waals surface area contributed by atoms with Crippen LogP contribution < -0.4 is 5.32 Å². The Kier molecular flexibility index (Phi) is 9.84. The summed E-state index contributed by atoms with van der Waals surface area (Å²) in [6.45, 7) is 0. The Morgan fingerprint density at radius 2 is 1.31 bits per heavy atom. The van der Waals surface area contributed by atoms with Gasteiger partial charge in [0.1, 0.15) is 6.04 Å². The second kappa shape index (κ2) is 12.8. The van der Waals surface area contributed by atoms with Crippen molar-refractivity contribution in [1.82, 2.24) is 5.32 Å². The molecule has 0 heterocycles. The molecule has 2 aromatic carbocycles. The van der Waals surface area contributed by atoms with Crippen LogP contribution in [0.15, 0.2) is 72.8 Å². The van der Waals surface area contributed by atoms with Crippen molar-refractivity contribution in [1.29, 1.82) is 0 Å². The first-order valence-electron chi connectivity index (χ1n) is 10.2. The minimum atomic E-state index is -0.883. The maximum atomic E-state index is 12.5. The van der Waals surface area contributed by atoms with Crippen molar-refractivity contribution >= 4 is 23.6 Å². The minimum absolute atomic E-state index is 0.00615. The number of allylic oxidation sites excluding steroid dienone is 1. The van der Waals surface area contributed by atoms with E-state index in [9.17, 15) is 19.2 Å². The van der Waals surface area contributed by atoms with Gasteiger partial charge in [-0.1, -0.05) is 60.7 Å². The van der Waals surface area contributed by atoms with Crippen LogP contribution in [0.3, 0.4) is 0 Å². The predicted molar refractivity (Wildman–Crippen MR) is 119 cm³/mol. The summed E-state index contributed by atoms with van der Waals surface area (Å²) >= 11 is 0. The quantitative estimate of drug-likeness (QED) is 0.329. The molecule has 0 unspecified atom stereocenters. The van der Waals surface area contributed by atoms with Crippen LogP contribution >= 0.6 is 0 Å². The lowest BCUT2D eigenvalue weighted by molar-refractivity contribution is -0.145. The summed E-state index contributed by atoms with van der Waals surface area (Å²) in [5.74, 6) is -2.27. The van der Waals surface area contributed by atoms with Crippen molar-refractivity contribution in [3.05, 3.63) is 83.9 Å². The molecule has 0 fully saturated rings. The van der Waals surface area contributed by atoms with Crippen LogP contribution in [0, 0.1) is 5.92 Å². The SMILES string of the molecule is COC(=O)[C@H](C/C=C/C[C@H](NC(=O)c1ccccc1)C(=O)OC)CC(=O)c1ccccc1. The van der Waals surface area contributed by atoms with Gasteiger partial charge in [0.2, 0.25) is 0 Å². The third kappa shape index (κ3) is 7.50. The second-order valence-corrected chi connectivity index (χ2v) is 7.07. The Morgan fingerprint density at radius 3 is 1.88 bits per heavy atom. The number of Topliss-reactive ketones (excluding diaryl/α,β-unsaturated/α-hetero) is 1. The summed E-state index contributed by atoms with van der Waals surface area (Å²) in [7, 11) is 2.52. The van der Waals surface area contributed by atoms with E-state index in [1.807, 2.05) is 6.07 Å². The van der Waals surface area contributed by atoms with Gasteiger partial charge >= 0.3 is 11.9 Å². The smallest absolute Gasteiger partial charge is 0.328 e. The molecule has 1 amide bonds. The lowest BCUT2D eigenvalue weighted by atomic mass is 9.95. The van der Waals surface area contributed by atoms with Crippen molar-refractivity contribution in [2.75, 3.05) is 14.2 Å². The summed E-state index contributed by atoms with van der Waals surface area (Å²) in [6.07, 6.45) is 3.81. The highest BCUT2D eigenvalue weighted by Gasteiger charge is 2.23. The van der Waals surface area contributed by atoms with Crippen LogP contribution in [0.4, 0.5) is 0 Å². The minimum Gasteiger partial charge on any atom is -0.469 e. The molecule has 2 atom stereocenters. The summed E-state index contributed by atoms with van der Waals surface area (Å²) in [5, 5.41) is 2.65. The van der Waals surface area contributed by atoms with Crippen molar-refractivity contribution in [3.63, 3.8) is 0 Å². The number of methoxy groups -OCH3 is 2. The molecule has 0 bridgehead atoms. The molecular formula is C25H27NO6. The summed E-state index contributed by atoms with van der Waals surface area (Å²) in [5.41, 5.74) is 0.954. The van der Waals surface area contributed by atoms with Gasteiger partial charge in [-0.25, -0.2) is 4.79 Å². The van der Waals surface area contributed by atoms with Gasteiger partial charge in [-0.05, 0) is 25.0 Å². The van der Waals surface area contributed by atoms with Gasteiger partial charge in [0.05, 0.1) is 20.1 Å². The van der Waals surface area contributed by atoms with Crippen LogP contribution in [-0.4, -0.2) is 43.9 Å². The van der Waals surface area contributed by atoms with Gasteiger partial charge in [-0.3, -0.25) is 14.4 Å². The maximum Gasteiger partial charge on any atom is 0.328 e. The molecule has 0 radical (unpaired) electrons. The van der Waals surface area contributed by atoms with Crippen LogP contribution in [-0.2, 0) is 19.1 Å². The Balaban J connectivity index is 1.99. The zero-order valence-electron chi connectivity index (χ0n) is 18.2. The third-order valence-corrected chi connectivity index (χ3v) is 4.85. The summed E-state index contributed by atoms with van der Waals surface area (Å²) in [4.78, 5) is 49.0. The number of nitrogens with one attached hydrogen (secondary N) is 1. The first kappa shape index (κ1) is 24.5. The van der Waals surface area contributed by atoms with E-state index in [1.165, 1.54) is 14.2 Å². The zero-order chi connectivity index (χ0) is 23.3. The lowest BCUT2D eigenvalue weighted by Crippen LogP contribution is -2.41. The molecule has 7 nitrogen and oxygen atoms in total. The van der Waals surface area contributed by atoms with Crippen molar-refractivity contribution in [3.8, 4) is 0 Å². The highest BCUT2D eigenvalue weighted by molar-refractivity contribution is 5.98. The van der Waals surface area contributed by atoms with E-state index in [0.29, 0.717) is 11.1 Å². The van der Waals surface area contributed by atoms with Gasteiger partial charge in [-0.2, -0.15) is 0 Å². The number of ether oxygens (including phenoxy) is 2. The van der Waals surface area contributed by atoms with Crippen LogP contribution in [0.25, 0.3) is 0 Å². The molecule has 1 N–H and O–H groups in total. The molecule has 0 aromatic heterocycles. The number of carbonyl (C=O) groups is 4. The maximum absolute atomic E-state index is 12.5. The van der Waals surface area contributed by atoms with Gasteiger partial charge in [0.15, 0.2) is 5.78 Å². The van der Waals surface area contributed by atoms with Crippen molar-refractivity contribution < 1.29 is 28.7 Å². The zero-order valence-corrected chi connectivity index (χ0v) is 18.2. The van der Waals surface area contributed by atoms with Gasteiger partial charge in [0, 0.05) is 17.5 Å². The fourth-order valence-electron chi connectivity index (χ4n) is 3.08. The number of benzene rings is 2. The lowest BCUT2D eigenvalue weighted by Gasteiger charge is -2.15. The highest BCUT2D eigenvalue weighted by atomic mass is 16.5. The van der Waals surface area contributed by atoms with Gasteiger partial charge in [0.25, 0.3) is 5.91 Å². The molecule has 2 aromatic rings. The molecule has 0 saturated carbocycles. The van der Waals surface area contributed by atoms with E-state index in [2.05, 4.69) is 5.32 Å². The number of esters is 2. The molecule has 2 rings (SSSR count). The second-order valence-electron chi connectivity index (χ2n) is 7.07. The number of amides is 1. The average molecular weight is 437 g/mol. The van der Waals surface area contributed by atoms with E-state index >= 15 is 0 Å². The fourth-order valence-corrected chi connectivity index (χ4v) is 3.08. The molecule has 0 aliphatic heterocycles. The summed E-state index contributed by atoms with van der Waals surface area (Å²) < 4.78 is 9.61. The molecule has 168 valence electrons. The van der Waals surface area contributed by atoms with Crippen molar-refractivity contribution in [2.24, 2.45) is 5.92 Å². The van der Waals surface area contributed by atoms with E-state index in [4.69, 9.17) is 9.47 Å². The van der Waals surface area contributed by atoms with Gasteiger partial charge < -0.3 is 14.8 Å². The van der Waals surface area contributed by atoms with E-state index in [-0.39, 0.29) is 25.0 Å². The van der Waals surface area contributed by atoms with E-state index in [0.717, 1.165) is 0 Å². The first-order chi connectivity index (χ1) is 15.5. The standard InChI is InChI=1S/C25H27NO6/c1-31-24(29)20(17-22(27)18-11-5-3-6-12-18)15-9-10-16-21(25(30)32-2)26-23(28)19-13-7-4-8-14-19/h3-14,20-21H,15-17H2,1-2H3,(H,26,28)/b10-9+/t20-,21+/m1/s1. The Labute approximate surface area is 187 Å². The number of hydrogen-bond donors (Lipinski definition) is 1. The van der Waals surface area contributed by atoms with Crippen LogP contribution in [0.2, 0.25) is 0 Å². The third-order valence-electron chi connectivity index (χ3n) is 4.85. The molecule has 0 aliphatic carbocycles. The normalized spacial score (nSPS) is 12.6. The molecular weight excluding hydrogens is 410 g/mol. The Hall–Kier alpha value is -3.74. The monoisotopic (exact) mass is 437 g/mol. The Bertz CT molecular complexity index is 862. The van der Waals surface area contributed by atoms with Crippen LogP contribution in [0.5, 0.6) is 0 Å². The molecule has 0 spiro atoms. The van der Waals surface area contributed by atoms with Crippen molar-refractivity contribution in [2.45, 2.75) is 25.3 Å². The number of hydrogen-bond acceptors (Lipinski definition) is 6. The van der Waals surface area contributed by atoms with Gasteiger partial charge in [-0.15, -0.1) is 0 Å². The Morgan fingerprint density at radius 1 is 0.781 bits per heavy atom. The fraction of sp³-hybridized carbons (Fsp3) is 0.280. The van der Waals surface area contributed by atoms with E-state index in [1.54, 1.807) is 66.7 Å². The summed E-state index contributed by atoms with van der Waals surface area (Å²) in [6, 6.07) is 16.4. The van der Waals surface area contributed by atoms with E-state index < -0.39 is 29.8 Å². The topological polar surface area (TPSA) is 98.8 Å². The first-order valence-corrected chi connectivity index (χ1v) is 10.2. The molecule has 0 aliphatic rings. The van der Waals surface area contributed by atoms with Crippen LogP contribution in [0.1, 0.15) is 40.0 Å². The molecule has 32 heavy (non-hydrogen) atoms. The number of ketones is 1. The average Bonchev–Trinajstić information content (AvgIpc) is 2.84. The molecule has 7 heteroatoms. The molecule has 0 saturated heterocycles. The largest absolute Gasteiger partial charge is 0.469 e.